The van der Waals surface area contributed by atoms with Crippen LogP contribution in [-0.2, 0) is 14.3 Å². The van der Waals surface area contributed by atoms with Crippen molar-refractivity contribution in [2.75, 3.05) is 13.2 Å². The maximum atomic E-state index is 12.6. The number of benzene rings is 3. The second kappa shape index (κ2) is 18.4. The quantitative estimate of drug-likeness (QED) is 0.0835. The Morgan fingerprint density at radius 1 is 0.628 bits per heavy atom. The van der Waals surface area contributed by atoms with Crippen molar-refractivity contribution in [2.45, 2.75) is 84.7 Å². The third-order valence-corrected chi connectivity index (χ3v) is 6.94. The fourth-order valence-electron chi connectivity index (χ4n) is 4.36. The molecule has 0 heterocycles. The van der Waals surface area contributed by atoms with Gasteiger partial charge in [0.2, 0.25) is 0 Å². The van der Waals surface area contributed by atoms with E-state index in [1.807, 2.05) is 38.1 Å². The summed E-state index contributed by atoms with van der Waals surface area (Å²) in [7, 11) is 0. The van der Waals surface area contributed by atoms with E-state index >= 15 is 0 Å². The van der Waals surface area contributed by atoms with Crippen molar-refractivity contribution in [1.29, 1.82) is 0 Å². The molecule has 0 bridgehead atoms. The number of esters is 3. The Bertz CT molecular complexity index is 1260. The Balaban J connectivity index is 1.43. The topological polar surface area (TPSA) is 88.1 Å². The molecule has 0 fully saturated rings. The molecule has 7 heteroatoms. The van der Waals surface area contributed by atoms with Gasteiger partial charge < -0.3 is 18.9 Å². The molecule has 0 radical (unpaired) electrons. The Morgan fingerprint density at radius 3 is 1.86 bits per heavy atom. The number of hydrogen-bond acceptors (Lipinski definition) is 7. The van der Waals surface area contributed by atoms with E-state index in [1.54, 1.807) is 48.5 Å². The molecule has 0 aromatic heterocycles. The van der Waals surface area contributed by atoms with Crippen LogP contribution in [0.15, 0.2) is 72.8 Å². The number of hydrogen-bond donors (Lipinski definition) is 0. The van der Waals surface area contributed by atoms with E-state index in [-0.39, 0.29) is 18.0 Å². The number of ether oxygens (including phenoxy) is 4. The third kappa shape index (κ3) is 11.9. The van der Waals surface area contributed by atoms with Crippen LogP contribution in [0, 0.1) is 0 Å². The molecule has 43 heavy (non-hydrogen) atoms. The molecule has 0 saturated carbocycles. The first-order valence-electron chi connectivity index (χ1n) is 15.4. The maximum Gasteiger partial charge on any atom is 0.343 e. The number of carbonyl (C=O) groups excluding carboxylic acids is 3. The Hall–Kier alpha value is -4.13. The lowest BCUT2D eigenvalue weighted by molar-refractivity contribution is -0.144. The largest absolute Gasteiger partial charge is 0.493 e. The zero-order valence-corrected chi connectivity index (χ0v) is 25.6. The smallest absolute Gasteiger partial charge is 0.343 e. The molecule has 0 aliphatic carbocycles. The molecular weight excluding hydrogens is 544 g/mol. The van der Waals surface area contributed by atoms with Gasteiger partial charge >= 0.3 is 17.9 Å². The molecule has 0 saturated heterocycles. The Morgan fingerprint density at radius 2 is 1.21 bits per heavy atom. The van der Waals surface area contributed by atoms with Crippen LogP contribution in [0.2, 0.25) is 0 Å². The summed E-state index contributed by atoms with van der Waals surface area (Å²) in [6.07, 6.45) is 8.23. The van der Waals surface area contributed by atoms with Gasteiger partial charge in [0.1, 0.15) is 11.5 Å². The SMILES string of the molecule is CCCCCC[C@H](C)OC(=O)c1ccc(-c2ccc(OC(=O)c3ccc(OCCCOC(=O)CCCC)cc3)cc2)cc1. The second-order valence-corrected chi connectivity index (χ2v) is 10.6. The van der Waals surface area contributed by atoms with Crippen molar-refractivity contribution in [2.24, 2.45) is 0 Å². The molecule has 1 atom stereocenters. The first-order chi connectivity index (χ1) is 20.9. The standard InChI is InChI=1S/C36H44O7/c1-4-6-8-9-11-27(3)42-35(38)30-15-13-28(14-16-30)29-17-23-33(24-18-29)43-36(39)31-19-21-32(22-20-31)40-25-10-26-41-34(37)12-7-5-2/h13-24,27H,4-12,25-26H2,1-3H3/t27-/m0/s1. The molecule has 0 N–H and O–H groups in total. The Kier molecular flexibility index (Phi) is 14.3. The van der Waals surface area contributed by atoms with Crippen molar-refractivity contribution in [3.63, 3.8) is 0 Å². The van der Waals surface area contributed by atoms with Gasteiger partial charge in [0.05, 0.1) is 30.4 Å². The molecule has 230 valence electrons. The summed E-state index contributed by atoms with van der Waals surface area (Å²) >= 11 is 0. The number of carbonyl (C=O) groups is 3. The van der Waals surface area contributed by atoms with Gasteiger partial charge in [0.15, 0.2) is 0 Å². The van der Waals surface area contributed by atoms with Crippen LogP contribution < -0.4 is 9.47 Å². The predicted molar refractivity (Wildman–Crippen MR) is 168 cm³/mol. The van der Waals surface area contributed by atoms with Crippen LogP contribution in [0.5, 0.6) is 11.5 Å². The summed E-state index contributed by atoms with van der Waals surface area (Å²) in [6.45, 7) is 6.88. The van der Waals surface area contributed by atoms with Crippen LogP contribution in [0.1, 0.15) is 99.3 Å². The second-order valence-electron chi connectivity index (χ2n) is 10.6. The molecule has 0 amide bonds. The predicted octanol–water partition coefficient (Wildman–Crippen LogP) is 8.59. The fourth-order valence-corrected chi connectivity index (χ4v) is 4.36. The van der Waals surface area contributed by atoms with Crippen molar-refractivity contribution in [3.8, 4) is 22.6 Å². The van der Waals surface area contributed by atoms with E-state index < -0.39 is 5.97 Å². The van der Waals surface area contributed by atoms with E-state index in [0.29, 0.717) is 48.7 Å². The van der Waals surface area contributed by atoms with Gasteiger partial charge in [-0.1, -0.05) is 63.8 Å². The molecule has 0 spiro atoms. The van der Waals surface area contributed by atoms with Crippen LogP contribution in [0.25, 0.3) is 11.1 Å². The van der Waals surface area contributed by atoms with Crippen LogP contribution in [0.4, 0.5) is 0 Å². The lowest BCUT2D eigenvalue weighted by Crippen LogP contribution is -2.15. The van der Waals surface area contributed by atoms with Crippen LogP contribution in [0.3, 0.4) is 0 Å². The van der Waals surface area contributed by atoms with Gasteiger partial charge in [0.25, 0.3) is 0 Å². The molecule has 0 aliphatic rings. The number of unbranched alkanes of at least 4 members (excludes halogenated alkanes) is 4. The lowest BCUT2D eigenvalue weighted by atomic mass is 10.0. The summed E-state index contributed by atoms with van der Waals surface area (Å²) in [6, 6.07) is 21.2. The summed E-state index contributed by atoms with van der Waals surface area (Å²) in [4.78, 5) is 36.7. The average Bonchev–Trinajstić information content (AvgIpc) is 3.02. The zero-order chi connectivity index (χ0) is 30.9. The minimum absolute atomic E-state index is 0.102. The first-order valence-corrected chi connectivity index (χ1v) is 15.4. The monoisotopic (exact) mass is 588 g/mol. The van der Waals surface area contributed by atoms with Gasteiger partial charge in [-0.3, -0.25) is 4.79 Å². The van der Waals surface area contributed by atoms with E-state index in [9.17, 15) is 14.4 Å². The van der Waals surface area contributed by atoms with E-state index in [1.165, 1.54) is 12.8 Å². The molecule has 3 rings (SSSR count). The van der Waals surface area contributed by atoms with E-state index in [0.717, 1.165) is 43.2 Å². The fraction of sp³-hybridized carbons (Fsp3) is 0.417. The highest BCUT2D eigenvalue weighted by Gasteiger charge is 2.13. The van der Waals surface area contributed by atoms with Gasteiger partial charge in [-0.05, 0) is 85.8 Å². The number of rotatable bonds is 18. The maximum absolute atomic E-state index is 12.6. The summed E-state index contributed by atoms with van der Waals surface area (Å²) in [5, 5.41) is 0. The minimum atomic E-state index is -0.472. The van der Waals surface area contributed by atoms with Crippen molar-refractivity contribution in [1.82, 2.24) is 0 Å². The van der Waals surface area contributed by atoms with Gasteiger partial charge in [-0.25, -0.2) is 9.59 Å². The van der Waals surface area contributed by atoms with Crippen molar-refractivity contribution in [3.05, 3.63) is 83.9 Å². The highest BCUT2D eigenvalue weighted by Crippen LogP contribution is 2.24. The summed E-state index contributed by atoms with van der Waals surface area (Å²) in [5.41, 5.74) is 2.79. The molecule has 3 aromatic rings. The zero-order valence-electron chi connectivity index (χ0n) is 25.6. The lowest BCUT2D eigenvalue weighted by Gasteiger charge is -2.13. The van der Waals surface area contributed by atoms with Gasteiger partial charge in [0, 0.05) is 12.8 Å². The molecule has 0 aliphatic heterocycles. The van der Waals surface area contributed by atoms with E-state index in [2.05, 4.69) is 6.92 Å². The Labute approximate surface area is 255 Å². The van der Waals surface area contributed by atoms with E-state index in [4.69, 9.17) is 18.9 Å². The normalized spacial score (nSPS) is 11.4. The average molecular weight is 589 g/mol. The highest BCUT2D eigenvalue weighted by molar-refractivity contribution is 5.91. The molecular formula is C36H44O7. The third-order valence-electron chi connectivity index (χ3n) is 6.94. The first kappa shape index (κ1) is 33.4. The summed E-state index contributed by atoms with van der Waals surface area (Å²) in [5.74, 6) is 0.0907. The van der Waals surface area contributed by atoms with Crippen LogP contribution in [-0.4, -0.2) is 37.2 Å². The van der Waals surface area contributed by atoms with Crippen molar-refractivity contribution >= 4 is 17.9 Å². The molecule has 7 nitrogen and oxygen atoms in total. The van der Waals surface area contributed by atoms with Gasteiger partial charge in [-0.15, -0.1) is 0 Å². The van der Waals surface area contributed by atoms with Crippen LogP contribution >= 0.6 is 0 Å². The summed E-state index contributed by atoms with van der Waals surface area (Å²) < 4.78 is 22.0. The van der Waals surface area contributed by atoms with Crippen molar-refractivity contribution < 1.29 is 33.3 Å². The molecule has 3 aromatic carbocycles. The minimum Gasteiger partial charge on any atom is -0.493 e. The highest BCUT2D eigenvalue weighted by atomic mass is 16.5. The molecule has 0 unspecified atom stereocenters. The van der Waals surface area contributed by atoms with Gasteiger partial charge in [-0.2, -0.15) is 0 Å².